The first-order valence-corrected chi connectivity index (χ1v) is 7.47. The number of aromatic nitrogens is 1. The molecule has 0 saturated carbocycles. The van der Waals surface area contributed by atoms with Gasteiger partial charge in [0.2, 0.25) is 0 Å². The number of hydrogen-bond acceptors (Lipinski definition) is 2. The Morgan fingerprint density at radius 1 is 1.36 bits per heavy atom. The van der Waals surface area contributed by atoms with Crippen LogP contribution < -0.4 is 0 Å². The second-order valence-electron chi connectivity index (χ2n) is 5.89. The first-order valence-electron chi connectivity index (χ1n) is 7.47. The molecule has 1 aromatic carbocycles. The van der Waals surface area contributed by atoms with E-state index >= 15 is 0 Å². The van der Waals surface area contributed by atoms with E-state index in [1.807, 2.05) is 25.1 Å². The van der Waals surface area contributed by atoms with Gasteiger partial charge in [0.25, 0.3) is 5.91 Å². The summed E-state index contributed by atoms with van der Waals surface area (Å²) in [6.45, 7) is 5.87. The van der Waals surface area contributed by atoms with Crippen molar-refractivity contribution in [2.45, 2.75) is 25.4 Å². The molecular formula is C17H17N3O2. The maximum atomic E-state index is 12.6. The maximum Gasteiger partial charge on any atom is 0.328 e. The van der Waals surface area contributed by atoms with Crippen LogP contribution >= 0.6 is 0 Å². The van der Waals surface area contributed by atoms with Crippen molar-refractivity contribution in [2.24, 2.45) is 0 Å². The Balaban J connectivity index is 1.83. The molecule has 2 unspecified atom stereocenters. The lowest BCUT2D eigenvalue weighted by Gasteiger charge is -2.33. The fourth-order valence-electron chi connectivity index (χ4n) is 3.71. The van der Waals surface area contributed by atoms with E-state index < -0.39 is 6.04 Å². The SMILES string of the molecule is C=CCN1C(=O)C2Cc3c([nH]c4ccccc34)C(C)N2C1=O. The molecule has 1 N–H and O–H groups in total. The van der Waals surface area contributed by atoms with E-state index in [2.05, 4.69) is 17.6 Å². The molecule has 0 bridgehead atoms. The summed E-state index contributed by atoms with van der Waals surface area (Å²) >= 11 is 0. The van der Waals surface area contributed by atoms with Gasteiger partial charge in [-0.25, -0.2) is 4.79 Å². The van der Waals surface area contributed by atoms with Crippen molar-refractivity contribution in [3.8, 4) is 0 Å². The highest BCUT2D eigenvalue weighted by Gasteiger charge is 2.50. The number of urea groups is 1. The number of rotatable bonds is 2. The van der Waals surface area contributed by atoms with Crippen molar-refractivity contribution in [1.82, 2.24) is 14.8 Å². The topological polar surface area (TPSA) is 56.4 Å². The van der Waals surface area contributed by atoms with E-state index in [1.165, 1.54) is 4.90 Å². The van der Waals surface area contributed by atoms with Crippen molar-refractivity contribution in [3.05, 3.63) is 48.2 Å². The number of carbonyl (C=O) groups excluding carboxylic acids is 2. The van der Waals surface area contributed by atoms with Gasteiger partial charge in [-0.15, -0.1) is 6.58 Å². The first-order chi connectivity index (χ1) is 10.6. The number of imide groups is 1. The van der Waals surface area contributed by atoms with Gasteiger partial charge in [0.05, 0.1) is 6.04 Å². The van der Waals surface area contributed by atoms with Gasteiger partial charge >= 0.3 is 6.03 Å². The number of amides is 3. The number of nitrogens with zero attached hydrogens (tertiary/aromatic N) is 2. The van der Waals surface area contributed by atoms with Crippen LogP contribution in [-0.4, -0.2) is 39.3 Å². The minimum absolute atomic E-state index is 0.118. The molecule has 1 saturated heterocycles. The Morgan fingerprint density at radius 2 is 2.14 bits per heavy atom. The molecule has 3 amide bonds. The summed E-state index contributed by atoms with van der Waals surface area (Å²) in [7, 11) is 0. The summed E-state index contributed by atoms with van der Waals surface area (Å²) in [5.41, 5.74) is 3.26. The maximum absolute atomic E-state index is 12.6. The summed E-state index contributed by atoms with van der Waals surface area (Å²) in [5, 5.41) is 1.14. The Labute approximate surface area is 128 Å². The van der Waals surface area contributed by atoms with Gasteiger partial charge in [-0.1, -0.05) is 24.3 Å². The molecule has 2 aliphatic rings. The number of aromatic amines is 1. The number of fused-ring (bicyclic) bond motifs is 4. The summed E-state index contributed by atoms with van der Waals surface area (Å²) in [6, 6.07) is 7.33. The summed E-state index contributed by atoms with van der Waals surface area (Å²) < 4.78 is 0. The molecule has 5 nitrogen and oxygen atoms in total. The molecule has 0 spiro atoms. The van der Waals surface area contributed by atoms with Crippen molar-refractivity contribution in [3.63, 3.8) is 0 Å². The summed E-state index contributed by atoms with van der Waals surface area (Å²) in [5.74, 6) is -0.118. The van der Waals surface area contributed by atoms with Crippen molar-refractivity contribution in [2.75, 3.05) is 6.54 Å². The van der Waals surface area contributed by atoms with E-state index in [0.29, 0.717) is 6.42 Å². The van der Waals surface area contributed by atoms with Crippen LogP contribution in [0.25, 0.3) is 10.9 Å². The van der Waals surface area contributed by atoms with E-state index in [-0.39, 0.29) is 24.5 Å². The van der Waals surface area contributed by atoms with Crippen molar-refractivity contribution in [1.29, 1.82) is 0 Å². The molecule has 0 radical (unpaired) electrons. The number of nitrogens with one attached hydrogen (secondary N) is 1. The first kappa shape index (κ1) is 13.1. The van der Waals surface area contributed by atoms with Crippen LogP contribution in [0.4, 0.5) is 4.79 Å². The Kier molecular flexibility index (Phi) is 2.66. The number of benzene rings is 1. The molecule has 0 aliphatic carbocycles. The largest absolute Gasteiger partial charge is 0.356 e. The van der Waals surface area contributed by atoms with Crippen molar-refractivity contribution >= 4 is 22.8 Å². The lowest BCUT2D eigenvalue weighted by molar-refractivity contribution is -0.128. The smallest absolute Gasteiger partial charge is 0.328 e. The Hall–Kier alpha value is -2.56. The third-order valence-electron chi connectivity index (χ3n) is 4.73. The number of carbonyl (C=O) groups is 2. The predicted octanol–water partition coefficient (Wildman–Crippen LogP) is 2.60. The summed E-state index contributed by atoms with van der Waals surface area (Å²) in [4.78, 5) is 31.5. The fraction of sp³-hybridized carbons (Fsp3) is 0.294. The van der Waals surface area contributed by atoms with Gasteiger partial charge < -0.3 is 9.88 Å². The van der Waals surface area contributed by atoms with Crippen LogP contribution in [0.15, 0.2) is 36.9 Å². The average Bonchev–Trinajstić information content (AvgIpc) is 3.00. The van der Waals surface area contributed by atoms with E-state index in [4.69, 9.17) is 0 Å². The quantitative estimate of drug-likeness (QED) is 0.684. The molecule has 22 heavy (non-hydrogen) atoms. The average molecular weight is 295 g/mol. The second-order valence-corrected chi connectivity index (χ2v) is 5.89. The molecule has 2 aliphatic heterocycles. The highest BCUT2D eigenvalue weighted by Crippen LogP contribution is 2.40. The van der Waals surface area contributed by atoms with Gasteiger partial charge in [-0.3, -0.25) is 9.69 Å². The zero-order valence-corrected chi connectivity index (χ0v) is 12.4. The van der Waals surface area contributed by atoms with E-state index in [0.717, 1.165) is 22.2 Å². The summed E-state index contributed by atoms with van der Waals surface area (Å²) in [6.07, 6.45) is 2.16. The predicted molar refractivity (Wildman–Crippen MR) is 83.4 cm³/mol. The van der Waals surface area contributed by atoms with Crippen LogP contribution in [-0.2, 0) is 11.2 Å². The molecule has 1 fully saturated rings. The zero-order valence-electron chi connectivity index (χ0n) is 12.4. The van der Waals surface area contributed by atoms with Gasteiger partial charge in [0.15, 0.2) is 0 Å². The fourth-order valence-corrected chi connectivity index (χ4v) is 3.71. The highest BCUT2D eigenvalue weighted by atomic mass is 16.2. The zero-order chi connectivity index (χ0) is 15.4. The van der Waals surface area contributed by atoms with Gasteiger partial charge in [-0.05, 0) is 18.6 Å². The molecule has 1 aromatic heterocycles. The minimum atomic E-state index is -0.394. The number of para-hydroxylation sites is 1. The lowest BCUT2D eigenvalue weighted by Crippen LogP contribution is -2.42. The molecule has 2 atom stereocenters. The van der Waals surface area contributed by atoms with E-state index in [9.17, 15) is 9.59 Å². The lowest BCUT2D eigenvalue weighted by atomic mass is 9.93. The van der Waals surface area contributed by atoms with Crippen molar-refractivity contribution < 1.29 is 9.59 Å². The molecule has 5 heteroatoms. The highest BCUT2D eigenvalue weighted by molar-refractivity contribution is 6.05. The standard InChI is InChI=1S/C17H17N3O2/c1-3-8-19-16(21)14-9-12-11-6-4-5-7-13(11)18-15(12)10(2)20(14)17(19)22/h3-7,10,14,18H,1,8-9H2,2H3. The minimum Gasteiger partial charge on any atom is -0.356 e. The van der Waals surface area contributed by atoms with E-state index in [1.54, 1.807) is 11.0 Å². The van der Waals surface area contributed by atoms with Crippen LogP contribution in [0, 0.1) is 0 Å². The van der Waals surface area contributed by atoms with Crippen LogP contribution in [0.5, 0.6) is 0 Å². The molecule has 2 aromatic rings. The number of hydrogen-bond donors (Lipinski definition) is 1. The molecule has 4 rings (SSSR count). The third-order valence-corrected chi connectivity index (χ3v) is 4.73. The molecule has 112 valence electrons. The van der Waals surface area contributed by atoms with Crippen LogP contribution in [0.3, 0.4) is 0 Å². The Morgan fingerprint density at radius 3 is 2.91 bits per heavy atom. The number of H-pyrrole nitrogens is 1. The van der Waals surface area contributed by atoms with Crippen LogP contribution in [0.2, 0.25) is 0 Å². The molecule has 3 heterocycles. The monoisotopic (exact) mass is 295 g/mol. The van der Waals surface area contributed by atoms with Crippen LogP contribution in [0.1, 0.15) is 24.2 Å². The third kappa shape index (κ3) is 1.53. The second kappa shape index (κ2) is 4.47. The molecular weight excluding hydrogens is 278 g/mol. The van der Waals surface area contributed by atoms with Gasteiger partial charge in [0.1, 0.15) is 6.04 Å². The van der Waals surface area contributed by atoms with Gasteiger partial charge in [-0.2, -0.15) is 0 Å². The Bertz CT molecular complexity index is 807. The van der Waals surface area contributed by atoms with Gasteiger partial charge in [0, 0.05) is 29.6 Å². The normalized spacial score (nSPS) is 23.9.